The molecule has 2 aromatic rings. The predicted octanol–water partition coefficient (Wildman–Crippen LogP) is 3.01. The Morgan fingerprint density at radius 2 is 1.96 bits per heavy atom. The van der Waals surface area contributed by atoms with Crippen LogP contribution in [-0.2, 0) is 16.1 Å². The van der Waals surface area contributed by atoms with Crippen LogP contribution >= 0.6 is 15.9 Å². The molecule has 1 aliphatic rings. The Hall–Kier alpha value is -2.19. The molecule has 1 aromatic heterocycles. The highest BCUT2D eigenvalue weighted by atomic mass is 79.9. The lowest BCUT2D eigenvalue weighted by Gasteiger charge is -2.26. The molecule has 1 atom stereocenters. The molecule has 1 fully saturated rings. The molecule has 7 nitrogen and oxygen atoms in total. The first-order chi connectivity index (χ1) is 13.5. The number of para-hydroxylation sites is 1. The fourth-order valence-electron chi connectivity index (χ4n) is 3.53. The summed E-state index contributed by atoms with van der Waals surface area (Å²) in [7, 11) is 0. The Balaban J connectivity index is 1.50. The van der Waals surface area contributed by atoms with E-state index in [1.54, 1.807) is 23.0 Å². The normalized spacial score (nSPS) is 15.8. The molecular weight excluding hydrogens is 424 g/mol. The number of hydrogen-bond donors (Lipinski definition) is 3. The lowest BCUT2D eigenvalue weighted by Crippen LogP contribution is -2.35. The fourth-order valence-corrected chi connectivity index (χ4v) is 3.91. The second-order valence-corrected chi connectivity index (χ2v) is 7.92. The van der Waals surface area contributed by atoms with E-state index in [-0.39, 0.29) is 30.8 Å². The molecule has 0 aliphatic heterocycles. The fraction of sp³-hybridized carbons (Fsp3) is 0.450. The second kappa shape index (κ2) is 9.84. The van der Waals surface area contributed by atoms with Crippen molar-refractivity contribution >= 4 is 33.4 Å². The molecule has 0 bridgehead atoms. The molecule has 1 saturated carbocycles. The van der Waals surface area contributed by atoms with Crippen LogP contribution in [0.1, 0.15) is 44.0 Å². The van der Waals surface area contributed by atoms with Crippen LogP contribution < -0.4 is 10.6 Å². The molecule has 0 spiro atoms. The van der Waals surface area contributed by atoms with Gasteiger partial charge in [-0.05, 0) is 46.8 Å². The predicted molar refractivity (Wildman–Crippen MR) is 110 cm³/mol. The van der Waals surface area contributed by atoms with Gasteiger partial charge in [-0.25, -0.2) is 4.98 Å². The zero-order valence-corrected chi connectivity index (χ0v) is 17.2. The minimum atomic E-state index is -0.665. The van der Waals surface area contributed by atoms with Crippen molar-refractivity contribution in [2.45, 2.75) is 44.8 Å². The molecule has 2 amide bonds. The van der Waals surface area contributed by atoms with E-state index in [4.69, 9.17) is 0 Å². The molecule has 3 N–H and O–H groups in total. The quantitative estimate of drug-likeness (QED) is 0.606. The van der Waals surface area contributed by atoms with Crippen molar-refractivity contribution in [2.75, 3.05) is 11.9 Å². The van der Waals surface area contributed by atoms with Gasteiger partial charge in [-0.1, -0.05) is 31.4 Å². The van der Waals surface area contributed by atoms with Crippen molar-refractivity contribution in [2.24, 2.45) is 5.92 Å². The van der Waals surface area contributed by atoms with Crippen LogP contribution in [0.2, 0.25) is 0 Å². The number of nitrogens with one attached hydrogen (secondary N) is 2. The summed E-state index contributed by atoms with van der Waals surface area (Å²) in [6, 6.07) is 7.27. The zero-order valence-electron chi connectivity index (χ0n) is 15.6. The molecule has 1 unspecified atom stereocenters. The number of imidazole rings is 1. The summed E-state index contributed by atoms with van der Waals surface area (Å²) < 4.78 is 2.43. The maximum atomic E-state index is 12.3. The minimum Gasteiger partial charge on any atom is -0.385 e. The summed E-state index contributed by atoms with van der Waals surface area (Å²) in [6.45, 7) is -0.114. The molecule has 150 valence electrons. The maximum Gasteiger partial charge on any atom is 0.243 e. The van der Waals surface area contributed by atoms with E-state index < -0.39 is 6.10 Å². The first kappa shape index (κ1) is 20.5. The molecular formula is C20H25BrN4O3. The number of aromatic nitrogens is 2. The molecule has 1 heterocycles. The summed E-state index contributed by atoms with van der Waals surface area (Å²) in [5.41, 5.74) is 0.647. The zero-order chi connectivity index (χ0) is 19.9. The van der Waals surface area contributed by atoms with E-state index in [0.717, 1.165) is 30.2 Å². The Morgan fingerprint density at radius 1 is 1.21 bits per heavy atom. The van der Waals surface area contributed by atoms with Crippen LogP contribution in [-0.4, -0.2) is 33.0 Å². The van der Waals surface area contributed by atoms with Crippen LogP contribution in [0.4, 0.5) is 5.69 Å². The first-order valence-corrected chi connectivity index (χ1v) is 10.3. The summed E-state index contributed by atoms with van der Waals surface area (Å²) in [4.78, 5) is 28.6. The molecule has 8 heteroatoms. The van der Waals surface area contributed by atoms with Gasteiger partial charge >= 0.3 is 0 Å². The Morgan fingerprint density at radius 3 is 2.71 bits per heavy atom. The number of rotatable bonds is 7. The second-order valence-electron chi connectivity index (χ2n) is 7.06. The Kier molecular flexibility index (Phi) is 7.22. The molecule has 0 radical (unpaired) electrons. The van der Waals surface area contributed by atoms with Crippen molar-refractivity contribution in [1.82, 2.24) is 14.9 Å². The number of aliphatic hydroxyl groups excluding tert-OH is 1. The summed E-state index contributed by atoms with van der Waals surface area (Å²) in [5.74, 6) is 0.0819. The van der Waals surface area contributed by atoms with Gasteiger partial charge in [0.05, 0.1) is 12.2 Å². The number of amides is 2. The van der Waals surface area contributed by atoms with Gasteiger partial charge in [0.1, 0.15) is 18.5 Å². The van der Waals surface area contributed by atoms with Gasteiger partial charge in [0.15, 0.2) is 0 Å². The van der Waals surface area contributed by atoms with Crippen molar-refractivity contribution in [3.8, 4) is 0 Å². The molecule has 0 saturated heterocycles. The molecule has 28 heavy (non-hydrogen) atoms. The van der Waals surface area contributed by atoms with Crippen LogP contribution in [0, 0.1) is 5.92 Å². The number of carbonyl (C=O) groups is 2. The molecule has 3 rings (SSSR count). The largest absolute Gasteiger partial charge is 0.385 e. The monoisotopic (exact) mass is 448 g/mol. The Labute approximate surface area is 172 Å². The Bertz CT molecular complexity index is 817. The third kappa shape index (κ3) is 5.42. The van der Waals surface area contributed by atoms with Gasteiger partial charge in [-0.2, -0.15) is 0 Å². The van der Waals surface area contributed by atoms with Crippen molar-refractivity contribution in [3.63, 3.8) is 0 Å². The third-order valence-electron chi connectivity index (χ3n) is 5.02. The highest BCUT2D eigenvalue weighted by Crippen LogP contribution is 2.33. The lowest BCUT2D eigenvalue weighted by molar-refractivity contribution is -0.124. The van der Waals surface area contributed by atoms with E-state index in [9.17, 15) is 14.7 Å². The number of nitrogens with zero attached hydrogens (tertiary/aromatic N) is 2. The van der Waals surface area contributed by atoms with Crippen molar-refractivity contribution in [1.29, 1.82) is 0 Å². The van der Waals surface area contributed by atoms with E-state index >= 15 is 0 Å². The van der Waals surface area contributed by atoms with Crippen molar-refractivity contribution in [3.05, 3.63) is 47.0 Å². The van der Waals surface area contributed by atoms with E-state index in [1.165, 1.54) is 6.42 Å². The molecule has 1 aromatic carbocycles. The average Bonchev–Trinajstić information content (AvgIpc) is 3.16. The summed E-state index contributed by atoms with van der Waals surface area (Å²) >= 11 is 3.36. The smallest absolute Gasteiger partial charge is 0.243 e. The number of anilines is 1. The standard InChI is InChI=1S/C20H25BrN4O3/c21-15-8-4-5-9-16(15)24-17(26)12-23-18(27)13-25-11-10-22-20(25)19(28)14-6-2-1-3-7-14/h4-5,8-11,14,19,28H,1-3,6-7,12-13H2,(H,23,27)(H,24,26). The maximum absolute atomic E-state index is 12.3. The van der Waals surface area contributed by atoms with Gasteiger partial charge in [0.25, 0.3) is 0 Å². The van der Waals surface area contributed by atoms with Gasteiger partial charge in [0.2, 0.25) is 11.8 Å². The third-order valence-corrected chi connectivity index (χ3v) is 5.71. The summed E-state index contributed by atoms with van der Waals surface area (Å²) in [6.07, 6.45) is 8.02. The highest BCUT2D eigenvalue weighted by Gasteiger charge is 2.26. The van der Waals surface area contributed by atoms with Crippen LogP contribution in [0.3, 0.4) is 0 Å². The number of aliphatic hydroxyl groups is 1. The number of hydrogen-bond acceptors (Lipinski definition) is 4. The van der Waals surface area contributed by atoms with E-state index in [0.29, 0.717) is 11.5 Å². The van der Waals surface area contributed by atoms with Crippen LogP contribution in [0.25, 0.3) is 0 Å². The average molecular weight is 449 g/mol. The lowest BCUT2D eigenvalue weighted by atomic mass is 9.85. The van der Waals surface area contributed by atoms with Crippen molar-refractivity contribution < 1.29 is 14.7 Å². The number of benzene rings is 1. The molecule has 1 aliphatic carbocycles. The van der Waals surface area contributed by atoms with Crippen LogP contribution in [0.15, 0.2) is 41.1 Å². The SMILES string of the molecule is O=C(Cn1ccnc1C(O)C1CCCCC1)NCC(=O)Nc1ccccc1Br. The number of halogens is 1. The highest BCUT2D eigenvalue weighted by molar-refractivity contribution is 9.10. The van der Waals surface area contributed by atoms with E-state index in [1.807, 2.05) is 18.2 Å². The number of carbonyl (C=O) groups excluding carboxylic acids is 2. The first-order valence-electron chi connectivity index (χ1n) is 9.55. The topological polar surface area (TPSA) is 96.2 Å². The van der Waals surface area contributed by atoms with Gasteiger partial charge in [-0.3, -0.25) is 9.59 Å². The minimum absolute atomic E-state index is 0.0153. The van der Waals surface area contributed by atoms with Gasteiger partial charge in [-0.15, -0.1) is 0 Å². The summed E-state index contributed by atoms with van der Waals surface area (Å²) in [5, 5.41) is 16.0. The van der Waals surface area contributed by atoms with Crippen LogP contribution in [0.5, 0.6) is 0 Å². The van der Waals surface area contributed by atoms with Gasteiger partial charge < -0.3 is 20.3 Å². The van der Waals surface area contributed by atoms with E-state index in [2.05, 4.69) is 31.5 Å². The van der Waals surface area contributed by atoms with Gasteiger partial charge in [0, 0.05) is 16.9 Å².